The van der Waals surface area contributed by atoms with E-state index in [1.807, 2.05) is 4.98 Å². The molecule has 0 aromatic carbocycles. The summed E-state index contributed by atoms with van der Waals surface area (Å²) in [4.78, 5) is 44.5. The number of H-pyrrole nitrogens is 1. The Kier molecular flexibility index (Phi) is 7.17. The largest absolute Gasteiger partial charge is 0.492 e. The monoisotopic (exact) mass is 523 g/mol. The minimum Gasteiger partial charge on any atom is -0.369 e. The van der Waals surface area contributed by atoms with Gasteiger partial charge in [0.05, 0.1) is 19.3 Å². The first kappa shape index (κ1) is 25.6. The lowest BCUT2D eigenvalue weighted by molar-refractivity contribution is -0.183. The number of nitrogens with two attached hydrogens (primary N) is 1. The van der Waals surface area contributed by atoms with E-state index in [-0.39, 0.29) is 6.61 Å². The summed E-state index contributed by atoms with van der Waals surface area (Å²) in [7, 11) is -13.8. The topological polar surface area (TPSA) is 237 Å². The molecule has 0 saturated carbocycles. The summed E-state index contributed by atoms with van der Waals surface area (Å²) in [5.74, 6) is 0. The van der Waals surface area contributed by atoms with Gasteiger partial charge in [-0.2, -0.15) is 8.62 Å². The number of ether oxygens (including phenoxy) is 2. The molecule has 182 valence electrons. The Morgan fingerprint density at radius 1 is 1.22 bits per heavy atom. The van der Waals surface area contributed by atoms with E-state index >= 15 is 0 Å². The van der Waals surface area contributed by atoms with E-state index in [0.29, 0.717) is 7.11 Å². The SMILES string of the molecule is COP(=O)(O)OP(=O)(OC)OP(=O)(O)OC[C@@]12CO[C@@H]([C@H](n3ccc(=O)[nH]c3=O)O1)[C@@H]2N. The Morgan fingerprint density at radius 3 is 2.47 bits per heavy atom. The molecular weight excluding hydrogens is 503 g/mol. The number of phosphoric ester groups is 2. The predicted molar refractivity (Wildman–Crippen MR) is 101 cm³/mol. The molecule has 3 heterocycles. The van der Waals surface area contributed by atoms with Gasteiger partial charge in [0.15, 0.2) is 6.23 Å². The molecule has 3 rings (SSSR count). The van der Waals surface area contributed by atoms with Crippen molar-refractivity contribution in [3.8, 4) is 0 Å². The van der Waals surface area contributed by atoms with Crippen LogP contribution in [0.15, 0.2) is 21.9 Å². The number of nitrogens with zero attached hydrogens (tertiary/aromatic N) is 1. The van der Waals surface area contributed by atoms with Gasteiger partial charge in [0.2, 0.25) is 0 Å². The Labute approximate surface area is 179 Å². The number of rotatable bonds is 10. The minimum absolute atomic E-state index is 0.207. The lowest BCUT2D eigenvalue weighted by Gasteiger charge is -2.31. The molecule has 0 amide bonds. The van der Waals surface area contributed by atoms with E-state index in [1.165, 1.54) is 0 Å². The molecule has 2 aliphatic rings. The van der Waals surface area contributed by atoms with Crippen LogP contribution < -0.4 is 17.0 Å². The third-order valence-electron chi connectivity index (χ3n) is 4.58. The summed E-state index contributed by atoms with van der Waals surface area (Å²) < 4.78 is 69.9. The summed E-state index contributed by atoms with van der Waals surface area (Å²) in [6.45, 7) is -0.959. The fourth-order valence-corrected chi connectivity index (χ4v) is 6.79. The molecular formula is C12H20N3O14P3. The number of hydrogen-bond donors (Lipinski definition) is 4. The maximum absolute atomic E-state index is 12.3. The smallest absolute Gasteiger partial charge is 0.369 e. The van der Waals surface area contributed by atoms with E-state index in [0.717, 1.165) is 23.9 Å². The second-order valence-electron chi connectivity index (χ2n) is 6.58. The quantitative estimate of drug-likeness (QED) is 0.274. The van der Waals surface area contributed by atoms with Gasteiger partial charge in [-0.3, -0.25) is 27.9 Å². The zero-order chi connectivity index (χ0) is 23.9. The number of aromatic nitrogens is 2. The van der Waals surface area contributed by atoms with Crippen LogP contribution >= 0.6 is 23.5 Å². The van der Waals surface area contributed by atoms with Crippen molar-refractivity contribution < 1.29 is 55.1 Å². The van der Waals surface area contributed by atoms with Crippen molar-refractivity contribution in [2.75, 3.05) is 27.4 Å². The fourth-order valence-electron chi connectivity index (χ4n) is 3.01. The van der Waals surface area contributed by atoms with Gasteiger partial charge >= 0.3 is 29.2 Å². The third kappa shape index (κ3) is 5.21. The first-order valence-corrected chi connectivity index (χ1v) is 13.0. The highest BCUT2D eigenvalue weighted by atomic mass is 31.3. The molecule has 0 radical (unpaired) electrons. The summed E-state index contributed by atoms with van der Waals surface area (Å²) in [5, 5.41) is 0. The summed E-state index contributed by atoms with van der Waals surface area (Å²) >= 11 is 0. The lowest BCUT2D eigenvalue weighted by atomic mass is 9.98. The maximum atomic E-state index is 12.3. The van der Waals surface area contributed by atoms with Gasteiger partial charge in [-0.25, -0.2) is 18.5 Å². The first-order chi connectivity index (χ1) is 14.8. The second kappa shape index (κ2) is 8.96. The molecule has 2 bridgehead atoms. The Balaban J connectivity index is 1.73. The zero-order valence-electron chi connectivity index (χ0n) is 16.5. The highest BCUT2D eigenvalue weighted by Crippen LogP contribution is 2.70. The van der Waals surface area contributed by atoms with Crippen molar-refractivity contribution in [1.29, 1.82) is 0 Å². The van der Waals surface area contributed by atoms with Crippen molar-refractivity contribution in [3.63, 3.8) is 0 Å². The molecule has 7 atom stereocenters. The van der Waals surface area contributed by atoms with Crippen molar-refractivity contribution in [2.24, 2.45) is 5.73 Å². The molecule has 2 saturated heterocycles. The number of aromatic amines is 1. The molecule has 3 unspecified atom stereocenters. The number of fused-ring (bicyclic) bond motifs is 2. The number of hydrogen-bond acceptors (Lipinski definition) is 13. The van der Waals surface area contributed by atoms with Crippen molar-refractivity contribution in [2.45, 2.75) is 24.0 Å². The Hall–Kier alpha value is -1.03. The average molecular weight is 523 g/mol. The summed E-state index contributed by atoms with van der Waals surface area (Å²) in [6.07, 6.45) is -0.815. The van der Waals surface area contributed by atoms with Gasteiger partial charge in [-0.15, -0.1) is 0 Å². The summed E-state index contributed by atoms with van der Waals surface area (Å²) in [6, 6.07) is 0.117. The number of phosphoric acid groups is 3. The van der Waals surface area contributed by atoms with Crippen LogP contribution in [0.2, 0.25) is 0 Å². The molecule has 5 N–H and O–H groups in total. The minimum atomic E-state index is -5.26. The van der Waals surface area contributed by atoms with Crippen LogP contribution in [0, 0.1) is 0 Å². The Bertz CT molecular complexity index is 1120. The van der Waals surface area contributed by atoms with Crippen LogP contribution in [0.3, 0.4) is 0 Å². The molecule has 32 heavy (non-hydrogen) atoms. The van der Waals surface area contributed by atoms with Crippen LogP contribution in [-0.2, 0) is 45.4 Å². The molecule has 0 spiro atoms. The van der Waals surface area contributed by atoms with Crippen molar-refractivity contribution in [3.05, 3.63) is 33.1 Å². The first-order valence-electron chi connectivity index (χ1n) is 8.56. The van der Waals surface area contributed by atoms with E-state index in [1.54, 1.807) is 0 Å². The standard InChI is InChI=1S/C12H20N3O14P3/c1-23-30(18,19)28-32(22,24-2)29-31(20,21)26-6-12-5-25-8(9(12)13)10(27-12)15-4-3-7(16)14-11(15)17/h3-4,8-10H,5-6,13H2,1-2H3,(H,18,19)(H,20,21)(H,14,16,17)/t8-,9+,10-,12-,32?/m1/s1. The molecule has 1 aromatic rings. The number of nitrogens with one attached hydrogen (secondary N) is 1. The highest BCUT2D eigenvalue weighted by molar-refractivity contribution is 7.67. The third-order valence-corrected chi connectivity index (χ3v) is 9.19. The van der Waals surface area contributed by atoms with Gasteiger partial charge in [0.25, 0.3) is 5.56 Å². The summed E-state index contributed by atoms with van der Waals surface area (Å²) in [5.41, 5.74) is 3.11. The molecule has 20 heteroatoms. The van der Waals surface area contributed by atoms with Crippen LogP contribution in [0.25, 0.3) is 0 Å². The maximum Gasteiger partial charge on any atom is 0.492 e. The fraction of sp³-hybridized carbons (Fsp3) is 0.667. The predicted octanol–water partition coefficient (Wildman–Crippen LogP) is -0.818. The van der Waals surface area contributed by atoms with E-state index in [9.17, 15) is 33.1 Å². The van der Waals surface area contributed by atoms with Gasteiger partial charge in [0, 0.05) is 26.5 Å². The van der Waals surface area contributed by atoms with Crippen molar-refractivity contribution in [1.82, 2.24) is 9.55 Å². The van der Waals surface area contributed by atoms with Crippen LogP contribution in [0.5, 0.6) is 0 Å². The highest BCUT2D eigenvalue weighted by Gasteiger charge is 2.61. The van der Waals surface area contributed by atoms with Gasteiger partial charge < -0.3 is 25.0 Å². The van der Waals surface area contributed by atoms with Crippen LogP contribution in [0.1, 0.15) is 6.23 Å². The van der Waals surface area contributed by atoms with Crippen molar-refractivity contribution >= 4 is 23.5 Å². The van der Waals surface area contributed by atoms with Crippen LogP contribution in [-0.4, -0.2) is 64.5 Å². The zero-order valence-corrected chi connectivity index (χ0v) is 19.1. The van der Waals surface area contributed by atoms with Crippen LogP contribution in [0.4, 0.5) is 0 Å². The van der Waals surface area contributed by atoms with E-state index < -0.39 is 65.3 Å². The molecule has 2 aliphatic heterocycles. The van der Waals surface area contributed by atoms with Gasteiger partial charge in [0.1, 0.15) is 11.7 Å². The van der Waals surface area contributed by atoms with Gasteiger partial charge in [-0.1, -0.05) is 0 Å². The second-order valence-corrected chi connectivity index (χ2v) is 11.6. The van der Waals surface area contributed by atoms with E-state index in [4.69, 9.17) is 19.7 Å². The Morgan fingerprint density at radius 2 is 1.88 bits per heavy atom. The molecule has 17 nitrogen and oxygen atoms in total. The lowest BCUT2D eigenvalue weighted by Crippen LogP contribution is -2.49. The normalized spacial score (nSPS) is 32.8. The van der Waals surface area contributed by atoms with E-state index in [2.05, 4.69) is 17.7 Å². The molecule has 1 aromatic heterocycles. The molecule has 0 aliphatic carbocycles. The molecule has 2 fully saturated rings. The average Bonchev–Trinajstić information content (AvgIpc) is 3.15. The van der Waals surface area contributed by atoms with Gasteiger partial charge in [-0.05, 0) is 0 Å².